The average molecular weight is 106 g/mol. The van der Waals surface area contributed by atoms with Crippen molar-refractivity contribution in [3.63, 3.8) is 0 Å². The van der Waals surface area contributed by atoms with E-state index in [1.165, 1.54) is 6.92 Å². The minimum atomic E-state index is -1.06. The molecule has 0 spiro atoms. The summed E-state index contributed by atoms with van der Waals surface area (Å²) in [6.45, 7) is 1.24. The standard InChI is InChI=1S/C4H6O3/c1-3(5)2-4(6)7/h2H2,1H3,(H,6,7)/i1+1,2+1,3+1,4+1. The summed E-state index contributed by atoms with van der Waals surface area (Å²) in [4.78, 5) is 19.5. The molecular formula is C4H6O3. The van der Waals surface area contributed by atoms with Gasteiger partial charge in [-0.2, -0.15) is 0 Å². The van der Waals surface area contributed by atoms with Crippen LogP contribution in [0, 0.1) is 0 Å². The van der Waals surface area contributed by atoms with Crippen molar-refractivity contribution in [1.29, 1.82) is 0 Å². The van der Waals surface area contributed by atoms with Crippen LogP contribution in [-0.4, -0.2) is 16.9 Å². The van der Waals surface area contributed by atoms with Crippen molar-refractivity contribution in [1.82, 2.24) is 0 Å². The van der Waals surface area contributed by atoms with E-state index in [1.807, 2.05) is 0 Å². The van der Waals surface area contributed by atoms with Gasteiger partial charge in [-0.3, -0.25) is 9.59 Å². The van der Waals surface area contributed by atoms with Gasteiger partial charge in [-0.25, -0.2) is 0 Å². The van der Waals surface area contributed by atoms with Crippen LogP contribution in [0.1, 0.15) is 13.3 Å². The van der Waals surface area contributed by atoms with Crippen molar-refractivity contribution in [2.45, 2.75) is 13.3 Å². The van der Waals surface area contributed by atoms with Crippen LogP contribution < -0.4 is 0 Å². The van der Waals surface area contributed by atoms with Gasteiger partial charge in [-0.1, -0.05) is 0 Å². The molecule has 0 aliphatic heterocycles. The maximum atomic E-state index is 9.87. The van der Waals surface area contributed by atoms with Crippen molar-refractivity contribution in [3.8, 4) is 0 Å². The van der Waals surface area contributed by atoms with Gasteiger partial charge in [0.25, 0.3) is 0 Å². The minimum absolute atomic E-state index is 0.312. The molecule has 0 saturated heterocycles. The predicted molar refractivity (Wildman–Crippen MR) is 22.9 cm³/mol. The van der Waals surface area contributed by atoms with E-state index in [-0.39, 0.29) is 12.2 Å². The van der Waals surface area contributed by atoms with Gasteiger partial charge in [-0.15, -0.1) is 0 Å². The third-order valence-corrected chi connectivity index (χ3v) is 0.400. The van der Waals surface area contributed by atoms with Crippen molar-refractivity contribution < 1.29 is 14.7 Å². The SMILES string of the molecule is [13CH3][13C](=O)[13CH2][13C](=O)O. The van der Waals surface area contributed by atoms with Gasteiger partial charge in [-0.05, 0) is 6.92 Å². The molecule has 7 heavy (non-hydrogen) atoms. The zero-order valence-corrected chi connectivity index (χ0v) is 3.97. The molecule has 1 N–H and O–H groups in total. The van der Waals surface area contributed by atoms with Crippen LogP contribution in [0.2, 0.25) is 0 Å². The summed E-state index contributed by atoms with van der Waals surface area (Å²) in [5.74, 6) is -1.37. The highest BCUT2D eigenvalue weighted by atomic mass is 16.5. The van der Waals surface area contributed by atoms with Crippen LogP contribution in [-0.2, 0) is 9.59 Å². The molecule has 0 fully saturated rings. The van der Waals surface area contributed by atoms with E-state index in [4.69, 9.17) is 5.11 Å². The number of carboxylic acids is 1. The Balaban J connectivity index is 3.32. The van der Waals surface area contributed by atoms with Gasteiger partial charge in [0.1, 0.15) is 12.2 Å². The number of Topliss-reactive ketones (excluding diaryl/α,β-unsaturated/α-hetero) is 1. The molecule has 0 saturated carbocycles. The number of carbonyl (C=O) groups excluding carboxylic acids is 1. The van der Waals surface area contributed by atoms with Crippen LogP contribution in [0.4, 0.5) is 0 Å². The molecule has 0 unspecified atom stereocenters. The first-order chi connectivity index (χ1) is 3.13. The Morgan fingerprint density at radius 2 is 2.00 bits per heavy atom. The average Bonchev–Trinajstić information content (AvgIpc) is 1.27. The quantitative estimate of drug-likeness (QED) is 0.399. The van der Waals surface area contributed by atoms with Crippen LogP contribution in [0.15, 0.2) is 0 Å². The van der Waals surface area contributed by atoms with E-state index < -0.39 is 5.97 Å². The topological polar surface area (TPSA) is 54.4 Å². The summed E-state index contributed by atoms with van der Waals surface area (Å²) in [5, 5.41) is 7.86. The van der Waals surface area contributed by atoms with Crippen molar-refractivity contribution in [3.05, 3.63) is 0 Å². The highest BCUT2D eigenvalue weighted by Gasteiger charge is 1.98. The molecule has 0 atom stereocenters. The smallest absolute Gasteiger partial charge is 0.310 e. The molecule has 0 bridgehead atoms. The van der Waals surface area contributed by atoms with Crippen molar-refractivity contribution in [2.24, 2.45) is 0 Å². The molecule has 0 aromatic rings. The molecule has 0 aromatic heterocycles. The lowest BCUT2D eigenvalue weighted by Crippen LogP contribution is -2.00. The molecule has 3 nitrogen and oxygen atoms in total. The number of carbonyl (C=O) groups is 2. The van der Waals surface area contributed by atoms with E-state index in [1.54, 1.807) is 0 Å². The third kappa shape index (κ3) is 5.14. The lowest BCUT2D eigenvalue weighted by Gasteiger charge is -1.80. The molecular weight excluding hydrogens is 100 g/mol. The fourth-order valence-electron chi connectivity index (χ4n) is 0.213. The normalized spacial score (nSPS) is 8.14. The molecule has 0 heterocycles. The minimum Gasteiger partial charge on any atom is -0.481 e. The van der Waals surface area contributed by atoms with Gasteiger partial charge in [0.15, 0.2) is 0 Å². The molecule has 40 valence electrons. The van der Waals surface area contributed by atoms with Crippen LogP contribution >= 0.6 is 0 Å². The van der Waals surface area contributed by atoms with E-state index in [2.05, 4.69) is 0 Å². The molecule has 0 aromatic carbocycles. The van der Waals surface area contributed by atoms with E-state index >= 15 is 0 Å². The largest absolute Gasteiger partial charge is 0.481 e. The zero-order valence-electron chi connectivity index (χ0n) is 3.97. The first kappa shape index (κ1) is 6.14. The summed E-state index contributed by atoms with van der Waals surface area (Å²) in [7, 11) is 0. The number of hydrogen-bond acceptors (Lipinski definition) is 2. The van der Waals surface area contributed by atoms with Crippen molar-refractivity contribution in [2.75, 3.05) is 0 Å². The third-order valence-electron chi connectivity index (χ3n) is 0.400. The second-order valence-corrected chi connectivity index (χ2v) is 1.27. The van der Waals surface area contributed by atoms with E-state index in [0.29, 0.717) is 0 Å². The monoisotopic (exact) mass is 106 g/mol. The number of carboxylic acid groups (broad SMARTS) is 1. The predicted octanol–water partition coefficient (Wildman–Crippen LogP) is 0.0501. The fourth-order valence-corrected chi connectivity index (χ4v) is 0.213. The summed E-state index contributed by atoms with van der Waals surface area (Å²) in [6.07, 6.45) is -0.361. The lowest BCUT2D eigenvalue weighted by atomic mass is 11.3. The van der Waals surface area contributed by atoms with Gasteiger partial charge >= 0.3 is 5.97 Å². The van der Waals surface area contributed by atoms with Gasteiger partial charge in [0.2, 0.25) is 0 Å². The molecule has 0 rings (SSSR count). The van der Waals surface area contributed by atoms with E-state index in [9.17, 15) is 9.59 Å². The summed E-state index contributed by atoms with van der Waals surface area (Å²) < 4.78 is 0. The Hall–Kier alpha value is -0.860. The summed E-state index contributed by atoms with van der Waals surface area (Å²) in [6, 6.07) is 0. The summed E-state index contributed by atoms with van der Waals surface area (Å²) in [5.41, 5.74) is 0. The molecule has 0 aliphatic carbocycles. The molecule has 0 amide bonds. The molecule has 0 radical (unpaired) electrons. The van der Waals surface area contributed by atoms with Crippen LogP contribution in [0.3, 0.4) is 0 Å². The highest BCUT2D eigenvalue weighted by molar-refractivity contribution is 5.93. The van der Waals surface area contributed by atoms with Crippen molar-refractivity contribution >= 4 is 11.8 Å². The first-order valence-electron chi connectivity index (χ1n) is 1.84. The maximum absolute atomic E-state index is 9.87. The number of rotatable bonds is 2. The number of ketones is 1. The van der Waals surface area contributed by atoms with Gasteiger partial charge < -0.3 is 5.11 Å². The second kappa shape index (κ2) is 2.34. The van der Waals surface area contributed by atoms with Gasteiger partial charge in [0.05, 0.1) is 0 Å². The van der Waals surface area contributed by atoms with E-state index in [0.717, 1.165) is 0 Å². The summed E-state index contributed by atoms with van der Waals surface area (Å²) >= 11 is 0. The Morgan fingerprint density at radius 3 is 2.00 bits per heavy atom. The van der Waals surface area contributed by atoms with Crippen LogP contribution in [0.25, 0.3) is 0 Å². The maximum Gasteiger partial charge on any atom is 0.310 e. The zero-order chi connectivity index (χ0) is 5.86. The first-order valence-corrected chi connectivity index (χ1v) is 1.84. The number of aliphatic carboxylic acids is 1. The fraction of sp³-hybridized carbons (Fsp3) is 0.500. The van der Waals surface area contributed by atoms with Crippen LogP contribution in [0.5, 0.6) is 0 Å². The second-order valence-electron chi connectivity index (χ2n) is 1.27. The Bertz CT molecular complexity index is 83.1. The lowest BCUT2D eigenvalue weighted by molar-refractivity contribution is -0.139. The highest BCUT2D eigenvalue weighted by Crippen LogP contribution is 1.77. The Morgan fingerprint density at radius 1 is 1.57 bits per heavy atom. The Labute approximate surface area is 41.0 Å². The van der Waals surface area contributed by atoms with Gasteiger partial charge in [0, 0.05) is 0 Å². The Kier molecular flexibility index (Phi) is 2.05. The number of hydrogen-bond donors (Lipinski definition) is 1. The molecule has 3 heteroatoms. The molecule has 0 aliphatic rings.